The van der Waals surface area contributed by atoms with Crippen LogP contribution in [0.1, 0.15) is 43.6 Å². The van der Waals surface area contributed by atoms with Crippen LogP contribution in [0.3, 0.4) is 0 Å². The lowest BCUT2D eigenvalue weighted by Gasteiger charge is -2.35. The molecule has 3 aliphatic rings. The van der Waals surface area contributed by atoms with Gasteiger partial charge in [0.2, 0.25) is 0 Å². The molecule has 0 radical (unpaired) electrons. The van der Waals surface area contributed by atoms with Crippen molar-refractivity contribution in [3.63, 3.8) is 0 Å². The van der Waals surface area contributed by atoms with E-state index in [2.05, 4.69) is 33.4 Å². The standard InChI is InChI=1S/C15H18BrNO2/c16-12-8-14-13(18-15(19-14)4-2-5-15)7-11(12)10-3-1-6-17-9-10/h7-8,10,17H,1-6,9H2. The molecule has 0 bridgehead atoms. The van der Waals surface area contributed by atoms with Crippen LogP contribution in [0.15, 0.2) is 16.6 Å². The zero-order valence-corrected chi connectivity index (χ0v) is 12.5. The molecule has 19 heavy (non-hydrogen) atoms. The van der Waals surface area contributed by atoms with Crippen molar-refractivity contribution in [2.24, 2.45) is 0 Å². The summed E-state index contributed by atoms with van der Waals surface area (Å²) in [5, 5.41) is 3.47. The van der Waals surface area contributed by atoms with Crippen molar-refractivity contribution in [3.8, 4) is 11.5 Å². The molecule has 102 valence electrons. The van der Waals surface area contributed by atoms with E-state index in [0.29, 0.717) is 5.92 Å². The first-order chi connectivity index (χ1) is 9.26. The molecule has 0 amide bonds. The van der Waals surface area contributed by atoms with E-state index < -0.39 is 0 Å². The third kappa shape index (κ3) is 1.96. The highest BCUT2D eigenvalue weighted by molar-refractivity contribution is 9.10. The van der Waals surface area contributed by atoms with Crippen molar-refractivity contribution < 1.29 is 9.47 Å². The van der Waals surface area contributed by atoms with Crippen LogP contribution in [-0.4, -0.2) is 18.9 Å². The average Bonchev–Trinajstić information content (AvgIpc) is 2.77. The lowest BCUT2D eigenvalue weighted by Crippen LogP contribution is -2.45. The van der Waals surface area contributed by atoms with Gasteiger partial charge in [0.1, 0.15) is 0 Å². The van der Waals surface area contributed by atoms with Crippen LogP contribution in [0.2, 0.25) is 0 Å². The Hall–Kier alpha value is -0.740. The molecule has 2 fully saturated rings. The van der Waals surface area contributed by atoms with Gasteiger partial charge < -0.3 is 14.8 Å². The topological polar surface area (TPSA) is 30.5 Å². The van der Waals surface area contributed by atoms with Gasteiger partial charge in [0.15, 0.2) is 11.5 Å². The van der Waals surface area contributed by atoms with E-state index in [4.69, 9.17) is 9.47 Å². The molecule has 1 unspecified atom stereocenters. The summed E-state index contributed by atoms with van der Waals surface area (Å²) < 4.78 is 13.2. The molecule has 1 atom stereocenters. The van der Waals surface area contributed by atoms with Gasteiger partial charge in [0.05, 0.1) is 0 Å². The Balaban J connectivity index is 1.65. The number of fused-ring (bicyclic) bond motifs is 1. The smallest absolute Gasteiger partial charge is 0.251 e. The van der Waals surface area contributed by atoms with Gasteiger partial charge in [-0.15, -0.1) is 0 Å². The Labute approximate surface area is 121 Å². The van der Waals surface area contributed by atoms with Crippen molar-refractivity contribution >= 4 is 15.9 Å². The molecule has 4 rings (SSSR count). The minimum Gasteiger partial charge on any atom is -0.448 e. The Kier molecular flexibility index (Phi) is 2.78. The van der Waals surface area contributed by atoms with Gasteiger partial charge >= 0.3 is 0 Å². The first-order valence-electron chi connectivity index (χ1n) is 7.18. The van der Waals surface area contributed by atoms with E-state index in [1.54, 1.807) is 0 Å². The summed E-state index contributed by atoms with van der Waals surface area (Å²) >= 11 is 3.70. The fraction of sp³-hybridized carbons (Fsp3) is 0.600. The molecule has 1 saturated carbocycles. The van der Waals surface area contributed by atoms with Gasteiger partial charge in [-0.3, -0.25) is 0 Å². The fourth-order valence-electron chi connectivity index (χ4n) is 3.23. The summed E-state index contributed by atoms with van der Waals surface area (Å²) in [6.07, 6.45) is 5.72. The van der Waals surface area contributed by atoms with Crippen molar-refractivity contribution in [1.82, 2.24) is 5.32 Å². The van der Waals surface area contributed by atoms with Gasteiger partial charge in [-0.2, -0.15) is 0 Å². The molecule has 0 aromatic heterocycles. The van der Waals surface area contributed by atoms with Crippen molar-refractivity contribution in [3.05, 3.63) is 22.2 Å². The number of hydrogen-bond acceptors (Lipinski definition) is 3. The fourth-order valence-corrected chi connectivity index (χ4v) is 3.88. The predicted octanol–water partition coefficient (Wildman–Crippen LogP) is 3.57. The van der Waals surface area contributed by atoms with Crippen molar-refractivity contribution in [2.75, 3.05) is 13.1 Å². The monoisotopic (exact) mass is 323 g/mol. The van der Waals surface area contributed by atoms with E-state index in [1.807, 2.05) is 0 Å². The van der Waals surface area contributed by atoms with Crippen LogP contribution in [0.25, 0.3) is 0 Å². The molecular formula is C15H18BrNO2. The van der Waals surface area contributed by atoms with Gasteiger partial charge in [0, 0.05) is 23.9 Å². The number of piperidine rings is 1. The second kappa shape index (κ2) is 4.38. The van der Waals surface area contributed by atoms with Crippen LogP contribution < -0.4 is 14.8 Å². The minimum atomic E-state index is -0.328. The lowest BCUT2D eigenvalue weighted by molar-refractivity contribution is -0.138. The summed E-state index contributed by atoms with van der Waals surface area (Å²) in [6.45, 7) is 2.20. The number of benzene rings is 1. The summed E-state index contributed by atoms with van der Waals surface area (Å²) in [5.74, 6) is 2.09. The van der Waals surface area contributed by atoms with Gasteiger partial charge in [-0.25, -0.2) is 0 Å². The van der Waals surface area contributed by atoms with E-state index in [9.17, 15) is 0 Å². The molecule has 4 heteroatoms. The van der Waals surface area contributed by atoms with E-state index >= 15 is 0 Å². The summed E-state index contributed by atoms with van der Waals surface area (Å²) in [4.78, 5) is 0. The van der Waals surface area contributed by atoms with E-state index in [0.717, 1.165) is 41.9 Å². The van der Waals surface area contributed by atoms with Crippen LogP contribution in [-0.2, 0) is 0 Å². The van der Waals surface area contributed by atoms with E-state index in [1.165, 1.54) is 24.8 Å². The summed E-state index contributed by atoms with van der Waals surface area (Å²) in [6, 6.07) is 4.27. The molecule has 1 N–H and O–H groups in total. The highest BCUT2D eigenvalue weighted by atomic mass is 79.9. The maximum absolute atomic E-state index is 6.05. The predicted molar refractivity (Wildman–Crippen MR) is 76.8 cm³/mol. The van der Waals surface area contributed by atoms with Crippen molar-refractivity contribution in [1.29, 1.82) is 0 Å². The maximum atomic E-state index is 6.05. The van der Waals surface area contributed by atoms with Crippen LogP contribution in [0, 0.1) is 0 Å². The SMILES string of the molecule is Brc1cc2c(cc1C1CCCNC1)OC1(CCC1)O2. The highest BCUT2D eigenvalue weighted by Crippen LogP contribution is 2.50. The molecule has 2 aliphatic heterocycles. The molecule has 2 heterocycles. The summed E-state index contributed by atoms with van der Waals surface area (Å²) in [7, 11) is 0. The first-order valence-corrected chi connectivity index (χ1v) is 7.97. The Bertz CT molecular complexity index is 507. The average molecular weight is 324 g/mol. The number of nitrogens with one attached hydrogen (secondary N) is 1. The molecule has 1 aliphatic carbocycles. The maximum Gasteiger partial charge on any atom is 0.251 e. The number of ether oxygens (including phenoxy) is 2. The zero-order valence-electron chi connectivity index (χ0n) is 10.9. The third-order valence-corrected chi connectivity index (χ3v) is 5.19. The second-order valence-corrected chi connectivity index (χ2v) is 6.69. The van der Waals surface area contributed by atoms with Gasteiger partial charge in [-0.05, 0) is 49.4 Å². The molecule has 3 nitrogen and oxygen atoms in total. The normalized spacial score (nSPS) is 27.3. The van der Waals surface area contributed by atoms with Crippen LogP contribution >= 0.6 is 15.9 Å². The van der Waals surface area contributed by atoms with Crippen LogP contribution in [0.5, 0.6) is 11.5 Å². The van der Waals surface area contributed by atoms with Crippen LogP contribution in [0.4, 0.5) is 0 Å². The Morgan fingerprint density at radius 1 is 1.16 bits per heavy atom. The van der Waals surface area contributed by atoms with E-state index in [-0.39, 0.29) is 5.79 Å². The number of rotatable bonds is 1. The van der Waals surface area contributed by atoms with Gasteiger partial charge in [-0.1, -0.05) is 15.9 Å². The molecular weight excluding hydrogens is 306 g/mol. The molecule has 1 saturated heterocycles. The number of halogens is 1. The molecule has 1 aromatic carbocycles. The largest absolute Gasteiger partial charge is 0.448 e. The quantitative estimate of drug-likeness (QED) is 0.857. The van der Waals surface area contributed by atoms with Gasteiger partial charge in [0.25, 0.3) is 5.79 Å². The summed E-state index contributed by atoms with van der Waals surface area (Å²) in [5.41, 5.74) is 1.35. The zero-order chi connectivity index (χ0) is 12.9. The molecule has 1 aromatic rings. The Morgan fingerprint density at radius 3 is 2.58 bits per heavy atom. The first kappa shape index (κ1) is 12.0. The minimum absolute atomic E-state index is 0.328. The lowest BCUT2D eigenvalue weighted by atomic mass is 9.91. The van der Waals surface area contributed by atoms with Crippen molar-refractivity contribution in [2.45, 2.75) is 43.8 Å². The molecule has 1 spiro atoms. The Morgan fingerprint density at radius 2 is 1.95 bits per heavy atom. The number of hydrogen-bond donors (Lipinski definition) is 1. The second-order valence-electron chi connectivity index (χ2n) is 5.83. The third-order valence-electron chi connectivity index (χ3n) is 4.51. The highest BCUT2D eigenvalue weighted by Gasteiger charge is 2.47.